The van der Waals surface area contributed by atoms with E-state index >= 15 is 0 Å². The van der Waals surface area contributed by atoms with Gasteiger partial charge in [0.2, 0.25) is 0 Å². The molecule has 1 N–H and O–H groups in total. The molecule has 2 rings (SSSR count). The number of hydrogen-bond acceptors (Lipinski definition) is 2. The van der Waals surface area contributed by atoms with Crippen molar-refractivity contribution in [2.45, 2.75) is 6.54 Å². The summed E-state index contributed by atoms with van der Waals surface area (Å²) in [4.78, 5) is 0. The van der Waals surface area contributed by atoms with Crippen LogP contribution in [0.5, 0.6) is 5.75 Å². The highest BCUT2D eigenvalue weighted by Crippen LogP contribution is 2.26. The van der Waals surface area contributed by atoms with Crippen molar-refractivity contribution in [3.63, 3.8) is 0 Å². The molecular weight excluding hydrogens is 333 g/mol. The molecule has 0 unspecified atom stereocenters. The summed E-state index contributed by atoms with van der Waals surface area (Å²) in [6, 6.07) is 10.4. The van der Waals surface area contributed by atoms with Crippen LogP contribution in [0.3, 0.4) is 0 Å². The fourth-order valence-corrected chi connectivity index (χ4v) is 2.40. The molecule has 19 heavy (non-hydrogen) atoms. The monoisotopic (exact) mass is 343 g/mol. The van der Waals surface area contributed by atoms with E-state index in [4.69, 9.17) is 16.3 Å². The third kappa shape index (κ3) is 3.61. The molecule has 0 aliphatic rings. The number of hydrogen-bond donors (Lipinski definition) is 1. The molecule has 0 radical (unpaired) electrons. The van der Waals surface area contributed by atoms with Gasteiger partial charge in [-0.2, -0.15) is 0 Å². The third-order valence-corrected chi connectivity index (χ3v) is 3.54. The molecule has 0 aliphatic carbocycles. The fourth-order valence-electron chi connectivity index (χ4n) is 1.63. The lowest BCUT2D eigenvalue weighted by atomic mass is 10.2. The van der Waals surface area contributed by atoms with Crippen molar-refractivity contribution in [2.75, 3.05) is 12.4 Å². The van der Waals surface area contributed by atoms with Crippen LogP contribution in [-0.2, 0) is 6.54 Å². The van der Waals surface area contributed by atoms with Gasteiger partial charge in [-0.15, -0.1) is 0 Å². The summed E-state index contributed by atoms with van der Waals surface area (Å²) in [5.74, 6) is 0.369. The van der Waals surface area contributed by atoms with Gasteiger partial charge in [0.25, 0.3) is 0 Å². The Morgan fingerprint density at radius 1 is 1.26 bits per heavy atom. The molecule has 0 saturated carbocycles. The second-order valence-corrected chi connectivity index (χ2v) is 5.21. The van der Waals surface area contributed by atoms with Crippen molar-refractivity contribution < 1.29 is 9.13 Å². The average Bonchev–Trinajstić information content (AvgIpc) is 2.40. The van der Waals surface area contributed by atoms with E-state index in [0.29, 0.717) is 6.54 Å². The van der Waals surface area contributed by atoms with Gasteiger partial charge in [0.05, 0.1) is 16.6 Å². The molecule has 0 saturated heterocycles. The lowest BCUT2D eigenvalue weighted by molar-refractivity contribution is 0.412. The van der Waals surface area contributed by atoms with Gasteiger partial charge >= 0.3 is 0 Å². The number of rotatable bonds is 4. The van der Waals surface area contributed by atoms with Gasteiger partial charge in [-0.25, -0.2) is 4.39 Å². The predicted molar refractivity (Wildman–Crippen MR) is 79.4 cm³/mol. The fraction of sp³-hybridized carbons (Fsp3) is 0.143. The van der Waals surface area contributed by atoms with Crippen LogP contribution in [0, 0.1) is 5.82 Å². The van der Waals surface area contributed by atoms with Crippen LogP contribution in [0.1, 0.15) is 5.56 Å². The normalized spacial score (nSPS) is 10.3. The Bertz CT molecular complexity index is 592. The first-order chi connectivity index (χ1) is 9.10. The maximum absolute atomic E-state index is 13.0. The second kappa shape index (κ2) is 6.26. The first-order valence-electron chi connectivity index (χ1n) is 5.61. The van der Waals surface area contributed by atoms with Crippen molar-refractivity contribution in [3.8, 4) is 5.75 Å². The Morgan fingerprint density at radius 3 is 2.68 bits per heavy atom. The number of benzene rings is 2. The number of anilines is 1. The number of methoxy groups -OCH3 is 1. The average molecular weight is 345 g/mol. The zero-order valence-corrected chi connectivity index (χ0v) is 12.6. The van der Waals surface area contributed by atoms with Crippen molar-refractivity contribution in [1.29, 1.82) is 0 Å². The van der Waals surface area contributed by atoms with Gasteiger partial charge in [0.1, 0.15) is 11.6 Å². The van der Waals surface area contributed by atoms with Crippen molar-refractivity contribution >= 4 is 33.2 Å². The molecule has 0 bridgehead atoms. The maximum atomic E-state index is 13.0. The van der Waals surface area contributed by atoms with Crippen LogP contribution in [0.4, 0.5) is 10.1 Å². The summed E-state index contributed by atoms with van der Waals surface area (Å²) in [6.07, 6.45) is 0. The van der Waals surface area contributed by atoms with Crippen LogP contribution in [0.25, 0.3) is 0 Å². The SMILES string of the molecule is COc1ccc(CNc2ccc(F)c(Cl)c2)cc1Br. The van der Waals surface area contributed by atoms with Crippen LogP contribution in [0.2, 0.25) is 5.02 Å². The highest BCUT2D eigenvalue weighted by Gasteiger charge is 2.03. The van der Waals surface area contributed by atoms with Gasteiger partial charge < -0.3 is 10.1 Å². The van der Waals surface area contributed by atoms with Gasteiger partial charge in [0, 0.05) is 12.2 Å². The topological polar surface area (TPSA) is 21.3 Å². The smallest absolute Gasteiger partial charge is 0.141 e. The summed E-state index contributed by atoms with van der Waals surface area (Å²) in [7, 11) is 1.62. The molecule has 0 aliphatic heterocycles. The highest BCUT2D eigenvalue weighted by atomic mass is 79.9. The summed E-state index contributed by atoms with van der Waals surface area (Å²) in [6.45, 7) is 0.616. The largest absolute Gasteiger partial charge is 0.496 e. The number of halogens is 3. The Balaban J connectivity index is 2.05. The van der Waals surface area contributed by atoms with Crippen molar-refractivity contribution in [3.05, 3.63) is 57.3 Å². The van der Waals surface area contributed by atoms with Crippen molar-refractivity contribution in [2.24, 2.45) is 0 Å². The molecule has 0 amide bonds. The summed E-state index contributed by atoms with van der Waals surface area (Å²) in [5, 5.41) is 3.29. The third-order valence-electron chi connectivity index (χ3n) is 2.63. The van der Waals surface area contributed by atoms with Crippen LogP contribution in [0.15, 0.2) is 40.9 Å². The molecule has 0 aromatic heterocycles. The van der Waals surface area contributed by atoms with Gasteiger partial charge in [-0.1, -0.05) is 17.7 Å². The van der Waals surface area contributed by atoms with E-state index in [2.05, 4.69) is 21.2 Å². The van der Waals surface area contributed by atoms with E-state index in [1.165, 1.54) is 6.07 Å². The molecule has 2 aromatic rings. The standard InChI is InChI=1S/C14H12BrClFNO/c1-19-14-5-2-9(6-11(14)15)8-18-10-3-4-13(17)12(16)7-10/h2-7,18H,8H2,1H3. The van der Waals surface area contributed by atoms with E-state index in [-0.39, 0.29) is 5.02 Å². The second-order valence-electron chi connectivity index (χ2n) is 3.95. The van der Waals surface area contributed by atoms with E-state index in [0.717, 1.165) is 21.5 Å². The first-order valence-corrected chi connectivity index (χ1v) is 6.78. The Kier molecular flexibility index (Phi) is 4.66. The van der Waals surface area contributed by atoms with Crippen LogP contribution in [-0.4, -0.2) is 7.11 Å². The molecule has 0 heterocycles. The zero-order valence-electron chi connectivity index (χ0n) is 10.2. The summed E-state index contributed by atoms with van der Waals surface area (Å²) < 4.78 is 19.1. The zero-order chi connectivity index (χ0) is 13.8. The lowest BCUT2D eigenvalue weighted by Crippen LogP contribution is -2.00. The number of ether oxygens (including phenoxy) is 1. The minimum Gasteiger partial charge on any atom is -0.496 e. The molecular formula is C14H12BrClFNO. The summed E-state index contributed by atoms with van der Waals surface area (Å²) >= 11 is 9.15. The molecule has 0 fully saturated rings. The Hall–Kier alpha value is -1.26. The molecule has 0 atom stereocenters. The molecule has 0 spiro atoms. The maximum Gasteiger partial charge on any atom is 0.141 e. The number of nitrogens with one attached hydrogen (secondary N) is 1. The van der Waals surface area contributed by atoms with Gasteiger partial charge in [0.15, 0.2) is 0 Å². The van der Waals surface area contributed by atoms with Gasteiger partial charge in [-0.05, 0) is 51.8 Å². The molecule has 2 aromatic carbocycles. The molecule has 2 nitrogen and oxygen atoms in total. The molecule has 5 heteroatoms. The quantitative estimate of drug-likeness (QED) is 0.855. The van der Waals surface area contributed by atoms with Crippen LogP contribution < -0.4 is 10.1 Å². The Labute approximate surface area is 124 Å². The minimum absolute atomic E-state index is 0.112. The Morgan fingerprint density at radius 2 is 2.05 bits per heavy atom. The van der Waals surface area contributed by atoms with E-state index < -0.39 is 5.82 Å². The highest BCUT2D eigenvalue weighted by molar-refractivity contribution is 9.10. The van der Waals surface area contributed by atoms with Crippen molar-refractivity contribution in [1.82, 2.24) is 0 Å². The lowest BCUT2D eigenvalue weighted by Gasteiger charge is -2.09. The predicted octanol–water partition coefficient (Wildman–Crippen LogP) is 4.86. The van der Waals surface area contributed by atoms with Crippen LogP contribution >= 0.6 is 27.5 Å². The van der Waals surface area contributed by atoms with Gasteiger partial charge in [-0.3, -0.25) is 0 Å². The molecule has 100 valence electrons. The van der Waals surface area contributed by atoms with E-state index in [1.807, 2.05) is 18.2 Å². The minimum atomic E-state index is -0.417. The van der Waals surface area contributed by atoms with E-state index in [9.17, 15) is 4.39 Å². The van der Waals surface area contributed by atoms with E-state index in [1.54, 1.807) is 19.2 Å². The summed E-state index contributed by atoms with van der Waals surface area (Å²) in [5.41, 5.74) is 1.85. The first kappa shape index (κ1) is 14.2.